The van der Waals surface area contributed by atoms with Gasteiger partial charge in [-0.25, -0.2) is 0 Å². The number of benzene rings is 2. The Kier molecular flexibility index (Phi) is 4.95. The largest absolute Gasteiger partial charge is 0.521 e. The summed E-state index contributed by atoms with van der Waals surface area (Å²) < 4.78 is 1.89. The molecule has 0 unspecified atom stereocenters. The van der Waals surface area contributed by atoms with Crippen molar-refractivity contribution in [1.29, 1.82) is 0 Å². The van der Waals surface area contributed by atoms with E-state index in [0.717, 1.165) is 0 Å². The van der Waals surface area contributed by atoms with Crippen molar-refractivity contribution in [2.75, 3.05) is 0 Å². The maximum atomic E-state index is 12.7. The van der Waals surface area contributed by atoms with Crippen LogP contribution in [0, 0.1) is 0 Å². The zero-order chi connectivity index (χ0) is 15.9. The summed E-state index contributed by atoms with van der Waals surface area (Å²) in [5, 5.41) is 19.6. The van der Waals surface area contributed by atoms with E-state index in [1.165, 1.54) is 28.8 Å². The molecule has 116 valence electrons. The van der Waals surface area contributed by atoms with Crippen molar-refractivity contribution in [3.05, 3.63) is 63.0 Å². The van der Waals surface area contributed by atoms with Gasteiger partial charge in [0, 0.05) is 33.7 Å². The summed E-state index contributed by atoms with van der Waals surface area (Å²) in [6, 6.07) is 8.69. The zero-order valence-electron chi connectivity index (χ0n) is 11.5. The van der Waals surface area contributed by atoms with Crippen molar-refractivity contribution < 1.29 is 32.4 Å². The van der Waals surface area contributed by atoms with E-state index in [1.54, 1.807) is 24.6 Å². The van der Waals surface area contributed by atoms with Crippen LogP contribution in [0.1, 0.15) is 5.56 Å². The first kappa shape index (κ1) is 17.3. The van der Waals surface area contributed by atoms with E-state index in [0.29, 0.717) is 15.5 Å². The first-order chi connectivity index (χ1) is 10.5. The van der Waals surface area contributed by atoms with Crippen LogP contribution in [-0.2, 0) is 22.2 Å². The number of nitrogens with zero attached hydrogens (tertiary/aromatic N) is 1. The Morgan fingerprint density at radius 1 is 1.04 bits per heavy atom. The van der Waals surface area contributed by atoms with E-state index >= 15 is 0 Å². The summed E-state index contributed by atoms with van der Waals surface area (Å²) in [5.41, 5.74) is 0.117. The molecule has 3 aromatic rings. The third-order valence-electron chi connectivity index (χ3n) is 3.29. The average molecular weight is 411 g/mol. The molecule has 0 amide bonds. The first-order valence-corrected chi connectivity index (χ1v) is 7.06. The molecule has 0 saturated carbocycles. The van der Waals surface area contributed by atoms with E-state index in [1.807, 2.05) is 0 Å². The molecule has 0 aliphatic carbocycles. The predicted molar refractivity (Wildman–Crippen MR) is 85.4 cm³/mol. The number of aromatic nitrogens is 1. The minimum atomic E-state index is -0.415. The average Bonchev–Trinajstić information content (AvgIpc) is 2.51. The molecule has 2 N–H and O–H groups in total. The van der Waals surface area contributed by atoms with Crippen LogP contribution in [0.15, 0.2) is 51.9 Å². The SMILES string of the molecule is O=[C-]c1cc(O)cc2c(Br)cn(-c3ccc(O)cc3)c(=O)c12.[Cr]. The Morgan fingerprint density at radius 3 is 2.30 bits per heavy atom. The third-order valence-corrected chi connectivity index (χ3v) is 3.93. The van der Waals surface area contributed by atoms with Crippen molar-refractivity contribution in [2.24, 2.45) is 0 Å². The predicted octanol–water partition coefficient (Wildman–Crippen LogP) is 2.62. The summed E-state index contributed by atoms with van der Waals surface area (Å²) in [7, 11) is 0. The fourth-order valence-corrected chi connectivity index (χ4v) is 2.81. The van der Waals surface area contributed by atoms with Crippen LogP contribution in [0.5, 0.6) is 11.5 Å². The number of fused-ring (bicyclic) bond motifs is 1. The second-order valence-corrected chi connectivity index (χ2v) is 5.54. The van der Waals surface area contributed by atoms with Gasteiger partial charge in [-0.05, 0) is 51.6 Å². The van der Waals surface area contributed by atoms with Crippen LogP contribution < -0.4 is 5.56 Å². The van der Waals surface area contributed by atoms with Gasteiger partial charge >= 0.3 is 0 Å². The number of rotatable bonds is 2. The molecular formula is C16H9BrCrNO4-. The second-order valence-electron chi connectivity index (χ2n) is 4.69. The monoisotopic (exact) mass is 410 g/mol. The van der Waals surface area contributed by atoms with Gasteiger partial charge in [0.15, 0.2) is 0 Å². The van der Waals surface area contributed by atoms with Crippen LogP contribution in [0.25, 0.3) is 16.5 Å². The van der Waals surface area contributed by atoms with Gasteiger partial charge in [0.05, 0.1) is 12.0 Å². The third kappa shape index (κ3) is 3.04. The van der Waals surface area contributed by atoms with Gasteiger partial charge in [0.25, 0.3) is 0 Å². The molecule has 23 heavy (non-hydrogen) atoms. The summed E-state index contributed by atoms with van der Waals surface area (Å²) >= 11 is 3.34. The molecule has 1 aromatic heterocycles. The second kappa shape index (κ2) is 6.59. The van der Waals surface area contributed by atoms with E-state index in [4.69, 9.17) is 0 Å². The van der Waals surface area contributed by atoms with Gasteiger partial charge in [0.1, 0.15) is 5.75 Å². The minimum absolute atomic E-state index is 0. The molecule has 3 rings (SSSR count). The number of phenolic OH excluding ortho intramolecular Hbond substituents is 2. The molecule has 2 aromatic carbocycles. The molecule has 0 bridgehead atoms. The standard InChI is InChI=1S/C16H9BrNO4.Cr/c17-14-7-18(10-1-3-11(20)4-2-10)16(22)15-9(8-19)5-12(21)6-13(14)15;/h1-7,20-21H;/q-1;. The quantitative estimate of drug-likeness (QED) is 0.636. The number of hydrogen-bond acceptors (Lipinski definition) is 4. The van der Waals surface area contributed by atoms with Crippen LogP contribution in [-0.4, -0.2) is 21.1 Å². The molecule has 0 aliphatic heterocycles. The molecule has 0 saturated heterocycles. The summed E-state index contributed by atoms with van der Waals surface area (Å²) in [4.78, 5) is 23.8. The number of phenols is 2. The number of hydrogen-bond donors (Lipinski definition) is 2. The molecule has 0 aliphatic rings. The van der Waals surface area contributed by atoms with Gasteiger partial charge in [-0.2, -0.15) is 0 Å². The number of halogens is 1. The van der Waals surface area contributed by atoms with Gasteiger partial charge < -0.3 is 15.0 Å². The molecule has 7 heteroatoms. The normalized spacial score (nSPS) is 10.3. The van der Waals surface area contributed by atoms with Crippen molar-refractivity contribution in [3.63, 3.8) is 0 Å². The minimum Gasteiger partial charge on any atom is -0.521 e. The van der Waals surface area contributed by atoms with Gasteiger partial charge in [-0.1, -0.05) is 5.39 Å². The number of aromatic hydroxyl groups is 2. The van der Waals surface area contributed by atoms with E-state index < -0.39 is 5.56 Å². The molecule has 0 radical (unpaired) electrons. The Morgan fingerprint density at radius 2 is 1.70 bits per heavy atom. The summed E-state index contributed by atoms with van der Waals surface area (Å²) in [6.07, 6.45) is 3.23. The molecule has 0 fully saturated rings. The zero-order valence-corrected chi connectivity index (χ0v) is 14.3. The van der Waals surface area contributed by atoms with Gasteiger partial charge in [-0.15, -0.1) is 11.6 Å². The van der Waals surface area contributed by atoms with Crippen molar-refractivity contribution >= 4 is 33.0 Å². The van der Waals surface area contributed by atoms with Gasteiger partial charge in [0.2, 0.25) is 5.56 Å². The van der Waals surface area contributed by atoms with Crippen LogP contribution in [0.4, 0.5) is 0 Å². The number of pyridine rings is 1. The molecule has 1 heterocycles. The summed E-state index contributed by atoms with van der Waals surface area (Å²) in [5.74, 6) is -0.0307. The van der Waals surface area contributed by atoms with Crippen molar-refractivity contribution in [2.45, 2.75) is 0 Å². The van der Waals surface area contributed by atoms with E-state index in [2.05, 4.69) is 15.9 Å². The van der Waals surface area contributed by atoms with E-state index in [-0.39, 0.29) is 39.8 Å². The van der Waals surface area contributed by atoms with Crippen molar-refractivity contribution in [1.82, 2.24) is 4.57 Å². The van der Waals surface area contributed by atoms with E-state index in [9.17, 15) is 19.8 Å². The smallest absolute Gasteiger partial charge is 0.207 e. The van der Waals surface area contributed by atoms with Crippen LogP contribution in [0.2, 0.25) is 0 Å². The Labute approximate surface area is 150 Å². The maximum Gasteiger partial charge on any atom is 0.207 e. The topological polar surface area (TPSA) is 79.5 Å². The molecule has 0 spiro atoms. The van der Waals surface area contributed by atoms with Gasteiger partial charge in [-0.3, -0.25) is 9.36 Å². The first-order valence-electron chi connectivity index (χ1n) is 6.26. The molecular weight excluding hydrogens is 402 g/mol. The fourth-order valence-electron chi connectivity index (χ4n) is 2.29. The Hall–Kier alpha value is -2.07. The van der Waals surface area contributed by atoms with Crippen LogP contribution in [0.3, 0.4) is 0 Å². The molecule has 5 nitrogen and oxygen atoms in total. The Bertz CT molecular complexity index is 951. The maximum absolute atomic E-state index is 12.7. The Balaban J connectivity index is 0.00000192. The fraction of sp³-hybridized carbons (Fsp3) is 0. The van der Waals surface area contributed by atoms with Crippen molar-refractivity contribution in [3.8, 4) is 17.2 Å². The van der Waals surface area contributed by atoms with Crippen LogP contribution >= 0.6 is 15.9 Å². The molecule has 0 atom stereocenters. The number of carbonyl (C=O) groups excluding carboxylic acids is 1. The summed E-state index contributed by atoms with van der Waals surface area (Å²) in [6.45, 7) is 0.